The monoisotopic (exact) mass is 409 g/mol. The van der Waals surface area contributed by atoms with Gasteiger partial charge in [0.05, 0.1) is 17.3 Å². The largest absolute Gasteiger partial charge is 0.356 e. The molecule has 152 valence electrons. The van der Waals surface area contributed by atoms with Crippen molar-refractivity contribution in [2.45, 2.75) is 46.6 Å². The van der Waals surface area contributed by atoms with E-state index >= 15 is 0 Å². The van der Waals surface area contributed by atoms with Crippen LogP contribution in [-0.2, 0) is 4.79 Å². The summed E-state index contributed by atoms with van der Waals surface area (Å²) in [6, 6.07) is 3.94. The van der Waals surface area contributed by atoms with Gasteiger partial charge in [-0.2, -0.15) is 0 Å². The van der Waals surface area contributed by atoms with Crippen LogP contribution in [0.25, 0.3) is 10.2 Å². The Balaban J connectivity index is 1.52. The summed E-state index contributed by atoms with van der Waals surface area (Å²) in [4.78, 5) is 33.1. The number of aromatic nitrogens is 3. The molecule has 29 heavy (non-hydrogen) atoms. The normalized spacial score (nSPS) is 15.3. The Bertz CT molecular complexity index is 1010. The zero-order valence-corrected chi connectivity index (χ0v) is 18.2. The zero-order chi connectivity index (χ0) is 20.5. The lowest BCUT2D eigenvalue weighted by atomic mass is 9.94. The number of piperidine rings is 1. The Labute approximate surface area is 175 Å². The average Bonchev–Trinajstić information content (AvgIpc) is 3.02. The zero-order valence-electron chi connectivity index (χ0n) is 17.4. The molecule has 0 radical (unpaired) electrons. The van der Waals surface area contributed by atoms with Gasteiger partial charge in [-0.15, -0.1) is 11.3 Å². The van der Waals surface area contributed by atoms with E-state index in [0.717, 1.165) is 42.3 Å². The van der Waals surface area contributed by atoms with Gasteiger partial charge < -0.3 is 9.80 Å². The van der Waals surface area contributed by atoms with E-state index in [1.807, 2.05) is 17.0 Å². The van der Waals surface area contributed by atoms with E-state index in [0.29, 0.717) is 0 Å². The minimum Gasteiger partial charge on any atom is -0.356 e. The standard InChI is InChI=1S/C22H27N5OS/c1-14(2)27(18-6-5-9-23-12-18)22(28)17-7-10-26(11-8-17)20-19-15(3)16(4)29-21(19)25-13-24-20/h5-6,9,12-14,17H,7-8,10-11H2,1-4H3. The fourth-order valence-electron chi connectivity index (χ4n) is 4.11. The molecule has 1 aliphatic heterocycles. The molecule has 0 N–H and O–H groups in total. The number of amides is 1. The third-order valence-electron chi connectivity index (χ3n) is 5.77. The summed E-state index contributed by atoms with van der Waals surface area (Å²) in [5.41, 5.74) is 2.14. The van der Waals surface area contributed by atoms with Gasteiger partial charge in [0.25, 0.3) is 0 Å². The molecule has 0 unspecified atom stereocenters. The number of carbonyl (C=O) groups excluding carboxylic acids is 1. The smallest absolute Gasteiger partial charge is 0.230 e. The summed E-state index contributed by atoms with van der Waals surface area (Å²) in [7, 11) is 0. The highest BCUT2D eigenvalue weighted by Crippen LogP contribution is 2.36. The summed E-state index contributed by atoms with van der Waals surface area (Å²) in [5.74, 6) is 1.23. The predicted molar refractivity (Wildman–Crippen MR) is 119 cm³/mol. The first-order chi connectivity index (χ1) is 14.0. The maximum atomic E-state index is 13.3. The molecule has 3 aromatic heterocycles. The lowest BCUT2D eigenvalue weighted by molar-refractivity contribution is -0.123. The molecule has 1 fully saturated rings. The van der Waals surface area contributed by atoms with Crippen LogP contribution < -0.4 is 9.80 Å². The highest BCUT2D eigenvalue weighted by atomic mass is 32.1. The number of anilines is 2. The topological polar surface area (TPSA) is 62.2 Å². The van der Waals surface area contributed by atoms with Gasteiger partial charge in [0, 0.05) is 36.1 Å². The molecule has 1 saturated heterocycles. The number of aryl methyl sites for hydroxylation is 2. The van der Waals surface area contributed by atoms with Gasteiger partial charge in [-0.25, -0.2) is 9.97 Å². The van der Waals surface area contributed by atoms with Gasteiger partial charge >= 0.3 is 0 Å². The van der Waals surface area contributed by atoms with E-state index in [9.17, 15) is 4.79 Å². The van der Waals surface area contributed by atoms with Crippen LogP contribution in [0.15, 0.2) is 30.9 Å². The van der Waals surface area contributed by atoms with Crippen LogP contribution in [0.5, 0.6) is 0 Å². The second-order valence-corrected chi connectivity index (χ2v) is 9.14. The molecule has 4 heterocycles. The fraction of sp³-hybridized carbons (Fsp3) is 0.455. The van der Waals surface area contributed by atoms with E-state index in [1.165, 1.54) is 15.8 Å². The van der Waals surface area contributed by atoms with Gasteiger partial charge in [-0.1, -0.05) is 0 Å². The molecule has 0 aliphatic carbocycles. The van der Waals surface area contributed by atoms with Crippen molar-refractivity contribution in [3.8, 4) is 0 Å². The van der Waals surface area contributed by atoms with Crippen LogP contribution in [0.1, 0.15) is 37.1 Å². The third-order valence-corrected chi connectivity index (χ3v) is 6.88. The minimum absolute atomic E-state index is 0.0245. The summed E-state index contributed by atoms with van der Waals surface area (Å²) in [6.45, 7) is 10.0. The van der Waals surface area contributed by atoms with Crippen molar-refractivity contribution in [3.63, 3.8) is 0 Å². The number of rotatable bonds is 4. The molecule has 4 rings (SSSR count). The van der Waals surface area contributed by atoms with Crippen molar-refractivity contribution >= 4 is 39.0 Å². The van der Waals surface area contributed by atoms with Gasteiger partial charge in [0.2, 0.25) is 5.91 Å². The molecule has 1 aliphatic rings. The van der Waals surface area contributed by atoms with Crippen LogP contribution >= 0.6 is 11.3 Å². The second-order valence-electron chi connectivity index (χ2n) is 7.94. The number of pyridine rings is 1. The lowest BCUT2D eigenvalue weighted by Crippen LogP contribution is -2.45. The molecule has 0 spiro atoms. The van der Waals surface area contributed by atoms with E-state index in [4.69, 9.17) is 0 Å². The molecule has 0 aromatic carbocycles. The second kappa shape index (κ2) is 8.06. The predicted octanol–water partition coefficient (Wildman–Crippen LogP) is 4.36. The Morgan fingerprint density at radius 2 is 2.00 bits per heavy atom. The summed E-state index contributed by atoms with van der Waals surface area (Å²) in [6.07, 6.45) is 6.83. The van der Waals surface area contributed by atoms with Crippen molar-refractivity contribution in [2.24, 2.45) is 5.92 Å². The summed E-state index contributed by atoms with van der Waals surface area (Å²) >= 11 is 1.72. The average molecular weight is 410 g/mol. The van der Waals surface area contributed by atoms with Crippen LogP contribution in [-0.4, -0.2) is 40.0 Å². The van der Waals surface area contributed by atoms with Crippen molar-refractivity contribution < 1.29 is 4.79 Å². The molecule has 6 nitrogen and oxygen atoms in total. The highest BCUT2D eigenvalue weighted by Gasteiger charge is 2.31. The molecule has 1 amide bonds. The molecular weight excluding hydrogens is 382 g/mol. The quantitative estimate of drug-likeness (QED) is 0.641. The highest BCUT2D eigenvalue weighted by molar-refractivity contribution is 7.18. The number of nitrogens with zero attached hydrogens (tertiary/aromatic N) is 5. The summed E-state index contributed by atoms with van der Waals surface area (Å²) < 4.78 is 0. The fourth-order valence-corrected chi connectivity index (χ4v) is 5.11. The molecular formula is C22H27N5OS. The van der Waals surface area contributed by atoms with Crippen molar-refractivity contribution in [1.29, 1.82) is 0 Å². The molecule has 0 atom stereocenters. The maximum Gasteiger partial charge on any atom is 0.230 e. The maximum absolute atomic E-state index is 13.3. The Kier molecular flexibility index (Phi) is 5.50. The van der Waals surface area contributed by atoms with Crippen molar-refractivity contribution in [2.75, 3.05) is 22.9 Å². The molecule has 0 saturated carbocycles. The number of hydrogen-bond donors (Lipinski definition) is 0. The minimum atomic E-state index is 0.0245. The van der Waals surface area contributed by atoms with Crippen LogP contribution in [0, 0.1) is 19.8 Å². The lowest BCUT2D eigenvalue weighted by Gasteiger charge is -2.36. The number of carbonyl (C=O) groups is 1. The molecule has 0 bridgehead atoms. The van der Waals surface area contributed by atoms with Crippen LogP contribution in [0.3, 0.4) is 0 Å². The first kappa shape index (κ1) is 19.8. The first-order valence-corrected chi connectivity index (χ1v) is 11.0. The van der Waals surface area contributed by atoms with Gasteiger partial charge in [-0.3, -0.25) is 9.78 Å². The number of hydrogen-bond acceptors (Lipinski definition) is 6. The van der Waals surface area contributed by atoms with Gasteiger partial charge in [0.1, 0.15) is 17.0 Å². The molecule has 3 aromatic rings. The van der Waals surface area contributed by atoms with E-state index in [-0.39, 0.29) is 17.9 Å². The van der Waals surface area contributed by atoms with Gasteiger partial charge in [0.15, 0.2) is 0 Å². The number of fused-ring (bicyclic) bond motifs is 1. The molecule has 7 heteroatoms. The van der Waals surface area contributed by atoms with E-state index < -0.39 is 0 Å². The third kappa shape index (κ3) is 3.71. The van der Waals surface area contributed by atoms with E-state index in [2.05, 4.69) is 47.5 Å². The van der Waals surface area contributed by atoms with Crippen LogP contribution in [0.2, 0.25) is 0 Å². The van der Waals surface area contributed by atoms with Gasteiger partial charge in [-0.05, 0) is 58.2 Å². The van der Waals surface area contributed by atoms with Crippen molar-refractivity contribution in [3.05, 3.63) is 41.3 Å². The van der Waals surface area contributed by atoms with E-state index in [1.54, 1.807) is 30.1 Å². The SMILES string of the molecule is Cc1sc2ncnc(N3CCC(C(=O)N(c4cccnc4)C(C)C)CC3)c2c1C. The first-order valence-electron chi connectivity index (χ1n) is 10.2. The Hall–Kier alpha value is -2.54. The Morgan fingerprint density at radius 1 is 1.24 bits per heavy atom. The number of thiophene rings is 1. The van der Waals surface area contributed by atoms with Crippen LogP contribution in [0.4, 0.5) is 11.5 Å². The Morgan fingerprint density at radius 3 is 2.66 bits per heavy atom. The summed E-state index contributed by atoms with van der Waals surface area (Å²) in [5, 5.41) is 1.17. The van der Waals surface area contributed by atoms with Crippen molar-refractivity contribution in [1.82, 2.24) is 15.0 Å².